The fourth-order valence-corrected chi connectivity index (χ4v) is 1.49. The third kappa shape index (κ3) is 1.29. The molecule has 0 spiro atoms. The molecule has 3 heteroatoms. The molecule has 1 fully saturated rings. The predicted octanol–water partition coefficient (Wildman–Crippen LogP) is 0.459. The van der Waals surface area contributed by atoms with Crippen molar-refractivity contribution in [2.24, 2.45) is 5.92 Å². The highest BCUT2D eigenvalue weighted by molar-refractivity contribution is 5.71. The lowest BCUT2D eigenvalue weighted by Crippen LogP contribution is -2.30. The van der Waals surface area contributed by atoms with Crippen molar-refractivity contribution < 1.29 is 9.90 Å². The summed E-state index contributed by atoms with van der Waals surface area (Å²) in [6.45, 7) is 2.87. The van der Waals surface area contributed by atoms with Gasteiger partial charge in [-0.2, -0.15) is 0 Å². The van der Waals surface area contributed by atoms with Crippen molar-refractivity contribution in [3.05, 3.63) is 0 Å². The van der Waals surface area contributed by atoms with Crippen LogP contribution < -0.4 is 5.32 Å². The van der Waals surface area contributed by atoms with E-state index in [0.717, 1.165) is 19.4 Å². The zero-order chi connectivity index (χ0) is 7.56. The number of carboxylic acids is 1. The molecule has 1 aliphatic rings. The molecule has 0 radical (unpaired) electrons. The minimum absolute atomic E-state index is 0.148. The SMILES string of the molecule is CC[C@@H]1NCC[C@H]1C(=O)O. The fraction of sp³-hybridized carbons (Fsp3) is 0.857. The van der Waals surface area contributed by atoms with Crippen molar-refractivity contribution >= 4 is 5.97 Å². The molecule has 0 saturated carbocycles. The van der Waals surface area contributed by atoms with Gasteiger partial charge < -0.3 is 10.4 Å². The average Bonchev–Trinajstić information content (AvgIpc) is 2.33. The van der Waals surface area contributed by atoms with Crippen LogP contribution in [0.3, 0.4) is 0 Å². The van der Waals surface area contributed by atoms with Gasteiger partial charge in [-0.15, -0.1) is 0 Å². The van der Waals surface area contributed by atoms with Crippen molar-refractivity contribution in [2.75, 3.05) is 6.54 Å². The van der Waals surface area contributed by atoms with Gasteiger partial charge in [-0.1, -0.05) is 6.92 Å². The van der Waals surface area contributed by atoms with E-state index in [-0.39, 0.29) is 12.0 Å². The monoisotopic (exact) mass is 143 g/mol. The molecule has 1 saturated heterocycles. The summed E-state index contributed by atoms with van der Waals surface area (Å²) in [7, 11) is 0. The predicted molar refractivity (Wildman–Crippen MR) is 37.8 cm³/mol. The molecule has 0 bridgehead atoms. The van der Waals surface area contributed by atoms with E-state index in [9.17, 15) is 4.79 Å². The van der Waals surface area contributed by atoms with Gasteiger partial charge in [-0.3, -0.25) is 4.79 Å². The van der Waals surface area contributed by atoms with Gasteiger partial charge in [0.05, 0.1) is 5.92 Å². The number of hydrogen-bond donors (Lipinski definition) is 2. The Hall–Kier alpha value is -0.570. The minimum Gasteiger partial charge on any atom is -0.481 e. The van der Waals surface area contributed by atoms with Gasteiger partial charge in [0, 0.05) is 6.04 Å². The first-order valence-corrected chi connectivity index (χ1v) is 3.72. The Bertz CT molecular complexity index is 136. The first-order valence-electron chi connectivity index (χ1n) is 3.72. The number of nitrogens with one attached hydrogen (secondary N) is 1. The second kappa shape index (κ2) is 3.01. The Balaban J connectivity index is 2.50. The largest absolute Gasteiger partial charge is 0.481 e. The molecule has 0 aromatic carbocycles. The molecule has 58 valence electrons. The molecule has 10 heavy (non-hydrogen) atoms. The molecule has 0 aromatic heterocycles. The summed E-state index contributed by atoms with van der Waals surface area (Å²) in [5.41, 5.74) is 0. The zero-order valence-electron chi connectivity index (χ0n) is 6.13. The first kappa shape index (κ1) is 7.54. The van der Waals surface area contributed by atoms with Crippen molar-refractivity contribution in [1.29, 1.82) is 0 Å². The van der Waals surface area contributed by atoms with Crippen LogP contribution in [0.15, 0.2) is 0 Å². The van der Waals surface area contributed by atoms with Crippen LogP contribution in [0.4, 0.5) is 0 Å². The third-order valence-corrected chi connectivity index (χ3v) is 2.10. The summed E-state index contributed by atoms with van der Waals surface area (Å²) in [6, 6.07) is 0.206. The van der Waals surface area contributed by atoms with Crippen LogP contribution in [0.1, 0.15) is 19.8 Å². The highest BCUT2D eigenvalue weighted by Crippen LogP contribution is 2.17. The maximum Gasteiger partial charge on any atom is 0.308 e. The lowest BCUT2D eigenvalue weighted by Gasteiger charge is -2.12. The zero-order valence-corrected chi connectivity index (χ0v) is 6.13. The van der Waals surface area contributed by atoms with Crippen LogP contribution >= 0.6 is 0 Å². The van der Waals surface area contributed by atoms with Crippen molar-refractivity contribution in [3.8, 4) is 0 Å². The van der Waals surface area contributed by atoms with Gasteiger partial charge in [0.25, 0.3) is 0 Å². The van der Waals surface area contributed by atoms with E-state index >= 15 is 0 Å². The number of rotatable bonds is 2. The fourth-order valence-electron chi connectivity index (χ4n) is 1.49. The van der Waals surface area contributed by atoms with Crippen LogP contribution in [-0.4, -0.2) is 23.7 Å². The maximum absolute atomic E-state index is 10.5. The van der Waals surface area contributed by atoms with Crippen LogP contribution in [0.2, 0.25) is 0 Å². The van der Waals surface area contributed by atoms with Gasteiger partial charge >= 0.3 is 5.97 Å². The number of carboxylic acid groups (broad SMARTS) is 1. The van der Waals surface area contributed by atoms with Crippen LogP contribution in [-0.2, 0) is 4.79 Å². The number of carbonyl (C=O) groups is 1. The molecule has 2 atom stereocenters. The van der Waals surface area contributed by atoms with E-state index in [4.69, 9.17) is 5.11 Å². The Kier molecular flexibility index (Phi) is 2.27. The molecule has 3 nitrogen and oxygen atoms in total. The van der Waals surface area contributed by atoms with Crippen LogP contribution in [0.5, 0.6) is 0 Å². The van der Waals surface area contributed by atoms with E-state index in [2.05, 4.69) is 5.32 Å². The molecule has 0 unspecified atom stereocenters. The Morgan fingerprint density at radius 1 is 1.80 bits per heavy atom. The average molecular weight is 143 g/mol. The van der Waals surface area contributed by atoms with E-state index in [0.29, 0.717) is 0 Å². The Morgan fingerprint density at radius 2 is 2.50 bits per heavy atom. The summed E-state index contributed by atoms with van der Waals surface area (Å²) in [6.07, 6.45) is 1.70. The van der Waals surface area contributed by atoms with Crippen LogP contribution in [0, 0.1) is 5.92 Å². The normalized spacial score (nSPS) is 32.5. The minimum atomic E-state index is -0.656. The summed E-state index contributed by atoms with van der Waals surface area (Å²) >= 11 is 0. The summed E-state index contributed by atoms with van der Waals surface area (Å²) in [5.74, 6) is -0.804. The van der Waals surface area contributed by atoms with Gasteiger partial charge in [-0.25, -0.2) is 0 Å². The second-order valence-electron chi connectivity index (χ2n) is 2.70. The van der Waals surface area contributed by atoms with Gasteiger partial charge in [0.2, 0.25) is 0 Å². The molecule has 2 N–H and O–H groups in total. The van der Waals surface area contributed by atoms with E-state index in [1.807, 2.05) is 6.92 Å². The highest BCUT2D eigenvalue weighted by atomic mass is 16.4. The topological polar surface area (TPSA) is 49.3 Å². The third-order valence-electron chi connectivity index (χ3n) is 2.10. The first-order chi connectivity index (χ1) is 4.75. The van der Waals surface area contributed by atoms with E-state index < -0.39 is 5.97 Å². The van der Waals surface area contributed by atoms with E-state index in [1.165, 1.54) is 0 Å². The summed E-state index contributed by atoms with van der Waals surface area (Å²) in [4.78, 5) is 10.5. The molecule has 0 aliphatic carbocycles. The van der Waals surface area contributed by atoms with E-state index in [1.54, 1.807) is 0 Å². The summed E-state index contributed by atoms with van der Waals surface area (Å²) < 4.78 is 0. The molecular weight excluding hydrogens is 130 g/mol. The lowest BCUT2D eigenvalue weighted by molar-refractivity contribution is -0.142. The van der Waals surface area contributed by atoms with Crippen molar-refractivity contribution in [1.82, 2.24) is 5.32 Å². The molecule has 0 amide bonds. The molecular formula is C7H13NO2. The molecule has 1 rings (SSSR count). The van der Waals surface area contributed by atoms with Gasteiger partial charge in [0.15, 0.2) is 0 Å². The lowest BCUT2D eigenvalue weighted by atomic mass is 9.99. The quantitative estimate of drug-likeness (QED) is 0.590. The molecule has 1 heterocycles. The van der Waals surface area contributed by atoms with Crippen LogP contribution in [0.25, 0.3) is 0 Å². The summed E-state index contributed by atoms with van der Waals surface area (Å²) in [5, 5.41) is 11.8. The highest BCUT2D eigenvalue weighted by Gasteiger charge is 2.30. The molecule has 0 aromatic rings. The maximum atomic E-state index is 10.5. The van der Waals surface area contributed by atoms with Crippen molar-refractivity contribution in [3.63, 3.8) is 0 Å². The standard InChI is InChI=1S/C7H13NO2/c1-2-6-5(7(9)10)3-4-8-6/h5-6,8H,2-4H2,1H3,(H,9,10)/t5-,6+/m1/s1. The molecule has 1 aliphatic heterocycles. The smallest absolute Gasteiger partial charge is 0.308 e. The Labute approximate surface area is 60.4 Å². The number of aliphatic carboxylic acids is 1. The van der Waals surface area contributed by atoms with Crippen molar-refractivity contribution in [2.45, 2.75) is 25.8 Å². The van der Waals surface area contributed by atoms with Gasteiger partial charge in [-0.05, 0) is 19.4 Å². The van der Waals surface area contributed by atoms with Gasteiger partial charge in [0.1, 0.15) is 0 Å². The number of hydrogen-bond acceptors (Lipinski definition) is 2. The Morgan fingerprint density at radius 3 is 2.90 bits per heavy atom. The second-order valence-corrected chi connectivity index (χ2v) is 2.70.